The van der Waals surface area contributed by atoms with E-state index >= 15 is 0 Å². The van der Waals surface area contributed by atoms with Crippen molar-refractivity contribution in [1.29, 1.82) is 0 Å². The van der Waals surface area contributed by atoms with Crippen molar-refractivity contribution in [3.63, 3.8) is 0 Å². The molecule has 0 aromatic carbocycles. The predicted octanol–water partition coefficient (Wildman–Crippen LogP) is 0.393. The van der Waals surface area contributed by atoms with Crippen LogP contribution in [0.15, 0.2) is 0 Å². The molecule has 0 spiro atoms. The fourth-order valence-electron chi connectivity index (χ4n) is 2.48. The lowest BCUT2D eigenvalue weighted by Crippen LogP contribution is -2.60. The Hall–Kier alpha value is -0.120. The lowest BCUT2D eigenvalue weighted by atomic mass is 10.1. The van der Waals surface area contributed by atoms with Gasteiger partial charge < -0.3 is 5.11 Å². The first-order chi connectivity index (χ1) is 6.70. The average Bonchev–Trinajstić information content (AvgIpc) is 2.49. The SMILES string of the molecule is CC(C)N1CC(N2CCC(CO)C2)C1. The summed E-state index contributed by atoms with van der Waals surface area (Å²) >= 11 is 0. The monoisotopic (exact) mass is 198 g/mol. The molecule has 3 heteroatoms. The Morgan fingerprint density at radius 1 is 1.29 bits per heavy atom. The Labute approximate surface area is 86.7 Å². The van der Waals surface area contributed by atoms with Crippen molar-refractivity contribution in [3.05, 3.63) is 0 Å². The van der Waals surface area contributed by atoms with Crippen LogP contribution < -0.4 is 0 Å². The standard InChI is InChI=1S/C11H22N2O/c1-9(2)13-6-11(7-13)12-4-3-10(5-12)8-14/h9-11,14H,3-8H2,1-2H3. The van der Waals surface area contributed by atoms with E-state index in [2.05, 4.69) is 23.6 Å². The highest BCUT2D eigenvalue weighted by molar-refractivity contribution is 4.92. The van der Waals surface area contributed by atoms with Crippen LogP contribution in [0.2, 0.25) is 0 Å². The molecule has 0 bridgehead atoms. The van der Waals surface area contributed by atoms with Crippen LogP contribution in [0.4, 0.5) is 0 Å². The number of nitrogens with zero attached hydrogens (tertiary/aromatic N) is 2. The molecule has 82 valence electrons. The molecule has 2 saturated heterocycles. The smallest absolute Gasteiger partial charge is 0.0471 e. The van der Waals surface area contributed by atoms with Crippen molar-refractivity contribution in [2.24, 2.45) is 5.92 Å². The molecular weight excluding hydrogens is 176 g/mol. The second-order valence-corrected chi connectivity index (χ2v) is 5.03. The zero-order chi connectivity index (χ0) is 10.1. The minimum Gasteiger partial charge on any atom is -0.396 e. The molecule has 1 unspecified atom stereocenters. The summed E-state index contributed by atoms with van der Waals surface area (Å²) < 4.78 is 0. The Kier molecular flexibility index (Phi) is 3.10. The largest absolute Gasteiger partial charge is 0.396 e. The van der Waals surface area contributed by atoms with Gasteiger partial charge in [-0.1, -0.05) is 0 Å². The molecule has 0 radical (unpaired) electrons. The van der Waals surface area contributed by atoms with Gasteiger partial charge in [-0.3, -0.25) is 9.80 Å². The molecule has 0 aromatic rings. The van der Waals surface area contributed by atoms with Crippen molar-refractivity contribution in [2.75, 3.05) is 32.8 Å². The summed E-state index contributed by atoms with van der Waals surface area (Å²) in [6.45, 7) is 9.67. The number of hydrogen-bond acceptors (Lipinski definition) is 3. The van der Waals surface area contributed by atoms with Crippen LogP contribution in [0.5, 0.6) is 0 Å². The lowest BCUT2D eigenvalue weighted by Gasteiger charge is -2.46. The molecule has 3 nitrogen and oxygen atoms in total. The molecule has 2 aliphatic rings. The first kappa shape index (κ1) is 10.4. The second kappa shape index (κ2) is 4.17. The maximum absolute atomic E-state index is 9.06. The summed E-state index contributed by atoms with van der Waals surface area (Å²) in [4.78, 5) is 5.07. The normalized spacial score (nSPS) is 31.3. The maximum Gasteiger partial charge on any atom is 0.0471 e. The molecule has 14 heavy (non-hydrogen) atoms. The van der Waals surface area contributed by atoms with Crippen molar-refractivity contribution in [1.82, 2.24) is 9.80 Å². The van der Waals surface area contributed by atoms with E-state index in [4.69, 9.17) is 5.11 Å². The molecule has 0 aromatic heterocycles. The molecule has 0 amide bonds. The van der Waals surface area contributed by atoms with E-state index in [1.54, 1.807) is 0 Å². The van der Waals surface area contributed by atoms with Gasteiger partial charge in [0.25, 0.3) is 0 Å². The van der Waals surface area contributed by atoms with E-state index in [1.807, 2.05) is 0 Å². The van der Waals surface area contributed by atoms with Gasteiger partial charge in [-0.15, -0.1) is 0 Å². The van der Waals surface area contributed by atoms with Crippen LogP contribution in [-0.2, 0) is 0 Å². The fourth-order valence-corrected chi connectivity index (χ4v) is 2.48. The van der Waals surface area contributed by atoms with E-state index in [9.17, 15) is 0 Å². The number of aliphatic hydroxyl groups is 1. The zero-order valence-corrected chi connectivity index (χ0v) is 9.32. The molecular formula is C11H22N2O. The van der Waals surface area contributed by atoms with Gasteiger partial charge in [-0.05, 0) is 32.7 Å². The third kappa shape index (κ3) is 1.95. The van der Waals surface area contributed by atoms with Crippen LogP contribution in [0.3, 0.4) is 0 Å². The summed E-state index contributed by atoms with van der Waals surface area (Å²) in [5.41, 5.74) is 0. The molecule has 2 rings (SSSR count). The third-order valence-corrected chi connectivity index (χ3v) is 3.71. The van der Waals surface area contributed by atoms with Crippen LogP contribution in [-0.4, -0.2) is 59.8 Å². The maximum atomic E-state index is 9.06. The molecule has 2 fully saturated rings. The third-order valence-electron chi connectivity index (χ3n) is 3.71. The first-order valence-electron chi connectivity index (χ1n) is 5.79. The van der Waals surface area contributed by atoms with Crippen molar-refractivity contribution >= 4 is 0 Å². The summed E-state index contributed by atoms with van der Waals surface area (Å²) in [6, 6.07) is 1.47. The summed E-state index contributed by atoms with van der Waals surface area (Å²) in [6.07, 6.45) is 1.19. The average molecular weight is 198 g/mol. The topological polar surface area (TPSA) is 26.7 Å². The number of rotatable bonds is 3. The van der Waals surface area contributed by atoms with Crippen molar-refractivity contribution in [2.45, 2.75) is 32.4 Å². The second-order valence-electron chi connectivity index (χ2n) is 5.03. The van der Waals surface area contributed by atoms with Crippen molar-refractivity contribution < 1.29 is 5.11 Å². The van der Waals surface area contributed by atoms with Gasteiger partial charge in [0, 0.05) is 38.3 Å². The van der Waals surface area contributed by atoms with E-state index in [0.717, 1.165) is 12.6 Å². The number of hydrogen-bond donors (Lipinski definition) is 1. The molecule has 2 aliphatic heterocycles. The molecule has 0 aliphatic carbocycles. The molecule has 1 N–H and O–H groups in total. The van der Waals surface area contributed by atoms with Crippen LogP contribution in [0.1, 0.15) is 20.3 Å². The van der Waals surface area contributed by atoms with Crippen molar-refractivity contribution in [3.8, 4) is 0 Å². The summed E-state index contributed by atoms with van der Waals surface area (Å²) in [5, 5.41) is 9.06. The molecule has 0 saturated carbocycles. The van der Waals surface area contributed by atoms with Crippen LogP contribution in [0.25, 0.3) is 0 Å². The van der Waals surface area contributed by atoms with Gasteiger partial charge in [-0.25, -0.2) is 0 Å². The van der Waals surface area contributed by atoms with Gasteiger partial charge in [0.05, 0.1) is 0 Å². The lowest BCUT2D eigenvalue weighted by molar-refractivity contribution is 0.0228. The van der Waals surface area contributed by atoms with E-state index in [1.165, 1.54) is 26.1 Å². The minimum atomic E-state index is 0.372. The zero-order valence-electron chi connectivity index (χ0n) is 9.32. The highest BCUT2D eigenvalue weighted by Crippen LogP contribution is 2.24. The van der Waals surface area contributed by atoms with E-state index in [0.29, 0.717) is 18.6 Å². The minimum absolute atomic E-state index is 0.372. The molecule has 1 atom stereocenters. The highest BCUT2D eigenvalue weighted by atomic mass is 16.3. The molecule has 2 heterocycles. The Morgan fingerprint density at radius 3 is 2.50 bits per heavy atom. The van der Waals surface area contributed by atoms with Crippen LogP contribution in [0, 0.1) is 5.92 Å². The number of aliphatic hydroxyl groups excluding tert-OH is 1. The van der Waals surface area contributed by atoms with Gasteiger partial charge >= 0.3 is 0 Å². The van der Waals surface area contributed by atoms with Gasteiger partial charge in [0.2, 0.25) is 0 Å². The van der Waals surface area contributed by atoms with E-state index < -0.39 is 0 Å². The van der Waals surface area contributed by atoms with Gasteiger partial charge in [-0.2, -0.15) is 0 Å². The Balaban J connectivity index is 1.73. The Morgan fingerprint density at radius 2 is 2.00 bits per heavy atom. The quantitative estimate of drug-likeness (QED) is 0.711. The number of likely N-dealkylation sites (tertiary alicyclic amines) is 2. The van der Waals surface area contributed by atoms with Crippen LogP contribution >= 0.6 is 0 Å². The van der Waals surface area contributed by atoms with Gasteiger partial charge in [0.15, 0.2) is 0 Å². The predicted molar refractivity (Wildman–Crippen MR) is 57.3 cm³/mol. The first-order valence-corrected chi connectivity index (χ1v) is 5.79. The highest BCUT2D eigenvalue weighted by Gasteiger charge is 2.36. The fraction of sp³-hybridized carbons (Fsp3) is 1.00. The van der Waals surface area contributed by atoms with Gasteiger partial charge in [0.1, 0.15) is 0 Å². The Bertz CT molecular complexity index is 190. The summed E-state index contributed by atoms with van der Waals surface area (Å²) in [7, 11) is 0. The summed E-state index contributed by atoms with van der Waals surface area (Å²) in [5.74, 6) is 0.545. The van der Waals surface area contributed by atoms with E-state index in [-0.39, 0.29) is 0 Å².